The molecule has 0 radical (unpaired) electrons. The Kier molecular flexibility index (Phi) is 10.5. The average Bonchev–Trinajstić information content (AvgIpc) is 2.61. The van der Waals surface area contributed by atoms with Crippen LogP contribution < -0.4 is 5.32 Å². The molecule has 2 heteroatoms. The normalized spacial score (nSPS) is 12.3. The van der Waals surface area contributed by atoms with E-state index in [1.165, 1.54) is 16.7 Å². The molecule has 1 aromatic carbocycles. The van der Waals surface area contributed by atoms with Crippen LogP contribution in [-0.4, -0.2) is 12.3 Å². The third-order valence-electron chi connectivity index (χ3n) is 4.58. The maximum absolute atomic E-state index is 12.3. The van der Waals surface area contributed by atoms with Gasteiger partial charge in [0.05, 0.1) is 0 Å². The van der Waals surface area contributed by atoms with Crippen molar-refractivity contribution in [1.29, 1.82) is 0 Å². The summed E-state index contributed by atoms with van der Waals surface area (Å²) in [6.45, 7) is 13.3. The zero-order valence-corrected chi connectivity index (χ0v) is 18.1. The SMILES string of the molecule is CC(C)=CCC/C(C)=C/CC/C(C)=C/CNc1ccccc1C(=O)C(C)C. The van der Waals surface area contributed by atoms with Crippen molar-refractivity contribution in [3.8, 4) is 0 Å². The Morgan fingerprint density at radius 2 is 1.52 bits per heavy atom. The summed E-state index contributed by atoms with van der Waals surface area (Å²) in [5, 5.41) is 3.40. The van der Waals surface area contributed by atoms with Crippen molar-refractivity contribution in [2.45, 2.75) is 67.2 Å². The van der Waals surface area contributed by atoms with Crippen molar-refractivity contribution in [2.75, 3.05) is 11.9 Å². The number of benzene rings is 1. The Balaban J connectivity index is 2.48. The first-order chi connectivity index (χ1) is 12.8. The molecule has 1 N–H and O–H groups in total. The maximum Gasteiger partial charge on any atom is 0.167 e. The molecule has 0 saturated carbocycles. The molecule has 0 bridgehead atoms. The first kappa shape index (κ1) is 23.0. The second kappa shape index (κ2) is 12.3. The van der Waals surface area contributed by atoms with E-state index in [9.17, 15) is 4.79 Å². The molecule has 2 nitrogen and oxygen atoms in total. The Bertz CT molecular complexity index is 688. The number of ketones is 1. The Labute approximate surface area is 166 Å². The lowest BCUT2D eigenvalue weighted by Crippen LogP contribution is -2.11. The van der Waals surface area contributed by atoms with Crippen molar-refractivity contribution in [1.82, 2.24) is 0 Å². The number of rotatable bonds is 11. The predicted molar refractivity (Wildman–Crippen MR) is 120 cm³/mol. The van der Waals surface area contributed by atoms with E-state index >= 15 is 0 Å². The summed E-state index contributed by atoms with van der Waals surface area (Å²) in [6, 6.07) is 7.79. The summed E-state index contributed by atoms with van der Waals surface area (Å²) in [5.74, 6) is 0.199. The molecule has 0 aliphatic heterocycles. The minimum absolute atomic E-state index is 0.0111. The van der Waals surface area contributed by atoms with Gasteiger partial charge in [0.15, 0.2) is 5.78 Å². The minimum Gasteiger partial charge on any atom is -0.381 e. The van der Waals surface area contributed by atoms with E-state index < -0.39 is 0 Å². The van der Waals surface area contributed by atoms with E-state index in [0.717, 1.165) is 43.5 Å². The van der Waals surface area contributed by atoms with Crippen molar-refractivity contribution in [3.05, 3.63) is 64.8 Å². The number of hydrogen-bond acceptors (Lipinski definition) is 2. The Morgan fingerprint density at radius 3 is 2.15 bits per heavy atom. The molecule has 0 amide bonds. The molecule has 27 heavy (non-hydrogen) atoms. The third-order valence-corrected chi connectivity index (χ3v) is 4.58. The predicted octanol–water partition coefficient (Wildman–Crippen LogP) is 7.36. The van der Waals surface area contributed by atoms with E-state index in [1.807, 2.05) is 38.1 Å². The number of carbonyl (C=O) groups excluding carboxylic acids is 1. The number of Topliss-reactive ketones (excluding diaryl/α,β-unsaturated/α-hetero) is 1. The van der Waals surface area contributed by atoms with E-state index in [-0.39, 0.29) is 11.7 Å². The van der Waals surface area contributed by atoms with Gasteiger partial charge < -0.3 is 5.32 Å². The van der Waals surface area contributed by atoms with Crippen LogP contribution in [0.3, 0.4) is 0 Å². The van der Waals surface area contributed by atoms with Gasteiger partial charge in [-0.3, -0.25) is 4.79 Å². The van der Waals surface area contributed by atoms with Gasteiger partial charge in [-0.25, -0.2) is 0 Å². The van der Waals surface area contributed by atoms with Crippen LogP contribution in [0.4, 0.5) is 5.69 Å². The molecular weight excluding hydrogens is 330 g/mol. The first-order valence-electron chi connectivity index (χ1n) is 10.1. The van der Waals surface area contributed by atoms with Gasteiger partial charge in [0, 0.05) is 23.7 Å². The fourth-order valence-corrected chi connectivity index (χ4v) is 2.84. The van der Waals surface area contributed by atoms with Crippen molar-refractivity contribution in [2.24, 2.45) is 5.92 Å². The van der Waals surface area contributed by atoms with E-state index in [0.29, 0.717) is 0 Å². The molecule has 0 aliphatic rings. The van der Waals surface area contributed by atoms with E-state index in [2.05, 4.69) is 51.2 Å². The summed E-state index contributed by atoms with van der Waals surface area (Å²) in [4.78, 5) is 12.3. The summed E-state index contributed by atoms with van der Waals surface area (Å²) in [7, 11) is 0. The summed E-state index contributed by atoms with van der Waals surface area (Å²) < 4.78 is 0. The fraction of sp³-hybridized carbons (Fsp3) is 0.480. The van der Waals surface area contributed by atoms with Crippen LogP contribution in [0.2, 0.25) is 0 Å². The van der Waals surface area contributed by atoms with Crippen molar-refractivity contribution < 1.29 is 4.79 Å². The molecule has 0 atom stereocenters. The van der Waals surface area contributed by atoms with Gasteiger partial charge in [0.1, 0.15) is 0 Å². The van der Waals surface area contributed by atoms with Crippen LogP contribution in [0.5, 0.6) is 0 Å². The fourth-order valence-electron chi connectivity index (χ4n) is 2.84. The Hall–Kier alpha value is -2.09. The highest BCUT2D eigenvalue weighted by atomic mass is 16.1. The highest BCUT2D eigenvalue weighted by Crippen LogP contribution is 2.19. The van der Waals surface area contributed by atoms with E-state index in [1.54, 1.807) is 0 Å². The maximum atomic E-state index is 12.3. The lowest BCUT2D eigenvalue weighted by Gasteiger charge is -2.12. The molecule has 0 aliphatic carbocycles. The minimum atomic E-state index is 0.0111. The number of nitrogens with one attached hydrogen (secondary N) is 1. The lowest BCUT2D eigenvalue weighted by molar-refractivity contribution is 0.0940. The third kappa shape index (κ3) is 9.42. The average molecular weight is 368 g/mol. The molecule has 1 aromatic rings. The van der Waals surface area contributed by atoms with Gasteiger partial charge in [0.25, 0.3) is 0 Å². The molecule has 0 saturated heterocycles. The first-order valence-corrected chi connectivity index (χ1v) is 10.1. The van der Waals surface area contributed by atoms with Crippen LogP contribution in [0.15, 0.2) is 59.2 Å². The molecule has 0 fully saturated rings. The molecule has 0 heterocycles. The molecule has 0 unspecified atom stereocenters. The standard InChI is InChI=1S/C25H37NO/c1-19(2)11-9-12-21(5)13-10-14-22(6)17-18-26-24-16-8-7-15-23(24)25(27)20(3)4/h7-8,11,13,15-17,20,26H,9-10,12,14,18H2,1-6H3/b21-13+,22-17+. The molecule has 1 rings (SSSR count). The zero-order valence-electron chi connectivity index (χ0n) is 18.1. The molecule has 0 aromatic heterocycles. The second-order valence-corrected chi connectivity index (χ2v) is 7.91. The number of carbonyl (C=O) groups is 1. The number of anilines is 1. The summed E-state index contributed by atoms with van der Waals surface area (Å²) in [6.07, 6.45) is 11.3. The van der Waals surface area contributed by atoms with E-state index in [4.69, 9.17) is 0 Å². The van der Waals surface area contributed by atoms with Gasteiger partial charge in [-0.1, -0.05) is 60.9 Å². The van der Waals surface area contributed by atoms with Crippen molar-refractivity contribution in [3.63, 3.8) is 0 Å². The van der Waals surface area contributed by atoms with Crippen LogP contribution in [0, 0.1) is 5.92 Å². The summed E-state index contributed by atoms with van der Waals surface area (Å²) >= 11 is 0. The second-order valence-electron chi connectivity index (χ2n) is 7.91. The van der Waals surface area contributed by atoms with Gasteiger partial charge in [0.2, 0.25) is 0 Å². The van der Waals surface area contributed by atoms with Crippen LogP contribution in [-0.2, 0) is 0 Å². The molecule has 0 spiro atoms. The largest absolute Gasteiger partial charge is 0.381 e. The zero-order chi connectivity index (χ0) is 20.2. The number of para-hydroxylation sites is 1. The summed E-state index contributed by atoms with van der Waals surface area (Å²) in [5.41, 5.74) is 5.96. The molecular formula is C25H37NO. The molecule has 148 valence electrons. The number of hydrogen-bond donors (Lipinski definition) is 1. The van der Waals surface area contributed by atoms with Crippen molar-refractivity contribution >= 4 is 11.5 Å². The quantitative estimate of drug-likeness (QED) is 0.327. The van der Waals surface area contributed by atoms with Gasteiger partial charge in [-0.2, -0.15) is 0 Å². The number of allylic oxidation sites excluding steroid dienone is 5. The van der Waals surface area contributed by atoms with Gasteiger partial charge >= 0.3 is 0 Å². The topological polar surface area (TPSA) is 29.1 Å². The van der Waals surface area contributed by atoms with Crippen LogP contribution >= 0.6 is 0 Å². The smallest absolute Gasteiger partial charge is 0.167 e. The highest BCUT2D eigenvalue weighted by molar-refractivity contribution is 6.02. The Morgan fingerprint density at radius 1 is 0.926 bits per heavy atom. The lowest BCUT2D eigenvalue weighted by atomic mass is 9.99. The van der Waals surface area contributed by atoms with Crippen LogP contribution in [0.25, 0.3) is 0 Å². The van der Waals surface area contributed by atoms with Crippen LogP contribution in [0.1, 0.15) is 77.6 Å². The van der Waals surface area contributed by atoms with Gasteiger partial charge in [-0.15, -0.1) is 0 Å². The highest BCUT2D eigenvalue weighted by Gasteiger charge is 2.13. The van der Waals surface area contributed by atoms with Gasteiger partial charge in [-0.05, 0) is 65.5 Å². The monoisotopic (exact) mass is 367 g/mol.